The van der Waals surface area contributed by atoms with Crippen LogP contribution in [0.1, 0.15) is 265 Å². The van der Waals surface area contributed by atoms with Gasteiger partial charge in [0.15, 0.2) is 6.10 Å². The van der Waals surface area contributed by atoms with Gasteiger partial charge < -0.3 is 14.2 Å². The minimum absolute atomic E-state index is 0.0864. The van der Waals surface area contributed by atoms with Gasteiger partial charge in [-0.3, -0.25) is 9.59 Å². The molecule has 0 heterocycles. The maximum atomic E-state index is 12.7. The highest BCUT2D eigenvalue weighted by Gasteiger charge is 2.17. The SMILES string of the molecule is CCCC/C=C\CCCCCCCCOCC(COC(=O)CCCCCCCCC/C=C\CCCCCCCC)OC(=O)CCCCCCCCCCCCC. The summed E-state index contributed by atoms with van der Waals surface area (Å²) in [7, 11) is 0. The first-order valence-electron chi connectivity index (χ1n) is 24.9. The van der Waals surface area contributed by atoms with E-state index < -0.39 is 6.10 Å². The lowest BCUT2D eigenvalue weighted by atomic mass is 10.1. The summed E-state index contributed by atoms with van der Waals surface area (Å²) in [5.41, 5.74) is 0. The van der Waals surface area contributed by atoms with Crippen molar-refractivity contribution < 1.29 is 23.8 Å². The van der Waals surface area contributed by atoms with Gasteiger partial charge in [-0.05, 0) is 64.2 Å². The second-order valence-corrected chi connectivity index (χ2v) is 16.7. The molecule has 1 unspecified atom stereocenters. The van der Waals surface area contributed by atoms with Crippen LogP contribution in [-0.4, -0.2) is 37.9 Å². The minimum Gasteiger partial charge on any atom is -0.462 e. The van der Waals surface area contributed by atoms with Crippen LogP contribution in [-0.2, 0) is 23.8 Å². The maximum absolute atomic E-state index is 12.7. The molecule has 0 bridgehead atoms. The molecule has 330 valence electrons. The first-order chi connectivity index (χ1) is 27.6. The highest BCUT2D eigenvalue weighted by molar-refractivity contribution is 5.70. The van der Waals surface area contributed by atoms with Gasteiger partial charge in [-0.25, -0.2) is 0 Å². The van der Waals surface area contributed by atoms with Crippen LogP contribution in [0.3, 0.4) is 0 Å². The van der Waals surface area contributed by atoms with Crippen LogP contribution < -0.4 is 0 Å². The van der Waals surface area contributed by atoms with Gasteiger partial charge in [0, 0.05) is 19.4 Å². The van der Waals surface area contributed by atoms with E-state index in [9.17, 15) is 9.59 Å². The van der Waals surface area contributed by atoms with Crippen molar-refractivity contribution >= 4 is 11.9 Å². The Kier molecular flexibility index (Phi) is 46.4. The molecule has 0 amide bonds. The third-order valence-corrected chi connectivity index (χ3v) is 11.0. The number of allylic oxidation sites excluding steroid dienone is 4. The van der Waals surface area contributed by atoms with E-state index in [0.717, 1.165) is 38.5 Å². The van der Waals surface area contributed by atoms with Crippen molar-refractivity contribution in [3.8, 4) is 0 Å². The van der Waals surface area contributed by atoms with Gasteiger partial charge in [0.1, 0.15) is 6.61 Å². The Bertz CT molecular complexity index is 851. The Hall–Kier alpha value is -1.62. The molecule has 0 rings (SSSR count). The molecule has 0 fully saturated rings. The van der Waals surface area contributed by atoms with Crippen LogP contribution in [0.25, 0.3) is 0 Å². The maximum Gasteiger partial charge on any atom is 0.306 e. The van der Waals surface area contributed by atoms with E-state index in [2.05, 4.69) is 45.1 Å². The van der Waals surface area contributed by atoms with Gasteiger partial charge in [0.05, 0.1) is 6.61 Å². The topological polar surface area (TPSA) is 61.8 Å². The van der Waals surface area contributed by atoms with Gasteiger partial charge in [-0.2, -0.15) is 0 Å². The van der Waals surface area contributed by atoms with Crippen molar-refractivity contribution in [3.05, 3.63) is 24.3 Å². The molecule has 56 heavy (non-hydrogen) atoms. The van der Waals surface area contributed by atoms with E-state index in [-0.39, 0.29) is 25.2 Å². The third kappa shape index (κ3) is 45.1. The van der Waals surface area contributed by atoms with Crippen molar-refractivity contribution in [3.63, 3.8) is 0 Å². The van der Waals surface area contributed by atoms with Gasteiger partial charge in [-0.15, -0.1) is 0 Å². The Labute approximate surface area is 349 Å². The van der Waals surface area contributed by atoms with Crippen molar-refractivity contribution in [1.29, 1.82) is 0 Å². The summed E-state index contributed by atoms with van der Waals surface area (Å²) < 4.78 is 17.3. The molecule has 1 atom stereocenters. The average Bonchev–Trinajstić information content (AvgIpc) is 3.20. The lowest BCUT2D eigenvalue weighted by Gasteiger charge is -2.18. The summed E-state index contributed by atoms with van der Waals surface area (Å²) in [6.45, 7) is 7.81. The van der Waals surface area contributed by atoms with Crippen LogP contribution in [0.2, 0.25) is 0 Å². The van der Waals surface area contributed by atoms with Gasteiger partial charge in [-0.1, -0.05) is 212 Å². The van der Waals surface area contributed by atoms with E-state index in [1.165, 1.54) is 193 Å². The molecule has 0 aromatic carbocycles. The van der Waals surface area contributed by atoms with E-state index in [1.54, 1.807) is 0 Å². The third-order valence-electron chi connectivity index (χ3n) is 11.0. The molecule has 0 aliphatic carbocycles. The first-order valence-corrected chi connectivity index (χ1v) is 24.9. The fourth-order valence-electron chi connectivity index (χ4n) is 7.19. The predicted molar refractivity (Wildman–Crippen MR) is 242 cm³/mol. The summed E-state index contributed by atoms with van der Waals surface area (Å²) in [6.07, 6.45) is 54.6. The number of rotatable bonds is 46. The molecule has 0 saturated carbocycles. The molecule has 0 aliphatic heterocycles. The molecular weight excluding hydrogens is 693 g/mol. The van der Waals surface area contributed by atoms with Gasteiger partial charge in [0.25, 0.3) is 0 Å². The fraction of sp³-hybridized carbons (Fsp3) is 0.882. The largest absolute Gasteiger partial charge is 0.462 e. The zero-order chi connectivity index (χ0) is 40.7. The summed E-state index contributed by atoms with van der Waals surface area (Å²) in [6, 6.07) is 0. The number of ether oxygens (including phenoxy) is 3. The highest BCUT2D eigenvalue weighted by atomic mass is 16.6. The quantitative estimate of drug-likeness (QED) is 0.0349. The van der Waals surface area contributed by atoms with Crippen LogP contribution in [0, 0.1) is 0 Å². The zero-order valence-electron chi connectivity index (χ0n) is 37.9. The number of esters is 2. The van der Waals surface area contributed by atoms with Crippen molar-refractivity contribution in [1.82, 2.24) is 0 Å². The Balaban J connectivity index is 4.19. The molecule has 0 radical (unpaired) electrons. The minimum atomic E-state index is -0.532. The zero-order valence-corrected chi connectivity index (χ0v) is 37.9. The summed E-state index contributed by atoms with van der Waals surface area (Å²) in [5.74, 6) is -0.393. The van der Waals surface area contributed by atoms with E-state index in [1.807, 2.05) is 0 Å². The Morgan fingerprint density at radius 2 is 0.714 bits per heavy atom. The predicted octanol–water partition coefficient (Wildman–Crippen LogP) is 16.5. The molecule has 0 N–H and O–H groups in total. The molecule has 0 aliphatic rings. The highest BCUT2D eigenvalue weighted by Crippen LogP contribution is 2.15. The van der Waals surface area contributed by atoms with Crippen molar-refractivity contribution in [2.75, 3.05) is 19.8 Å². The number of carbonyl (C=O) groups is 2. The second kappa shape index (κ2) is 47.8. The van der Waals surface area contributed by atoms with Crippen LogP contribution in [0.15, 0.2) is 24.3 Å². The van der Waals surface area contributed by atoms with E-state index in [0.29, 0.717) is 19.4 Å². The summed E-state index contributed by atoms with van der Waals surface area (Å²) in [4.78, 5) is 25.3. The molecule has 0 saturated heterocycles. The monoisotopic (exact) mass is 789 g/mol. The number of carbonyl (C=O) groups excluding carboxylic acids is 2. The number of unbranched alkanes of at least 4 members (excludes halogenated alkanes) is 31. The second-order valence-electron chi connectivity index (χ2n) is 16.7. The molecule has 5 heteroatoms. The Morgan fingerprint density at radius 3 is 1.14 bits per heavy atom. The Morgan fingerprint density at radius 1 is 0.375 bits per heavy atom. The molecular formula is C51H96O5. The lowest BCUT2D eigenvalue weighted by molar-refractivity contribution is -0.163. The van der Waals surface area contributed by atoms with E-state index >= 15 is 0 Å². The normalized spacial score (nSPS) is 12.3. The molecule has 0 aromatic rings. The van der Waals surface area contributed by atoms with Gasteiger partial charge >= 0.3 is 11.9 Å². The number of hydrogen-bond acceptors (Lipinski definition) is 5. The average molecular weight is 789 g/mol. The van der Waals surface area contributed by atoms with Crippen LogP contribution >= 0.6 is 0 Å². The summed E-state index contributed by atoms with van der Waals surface area (Å²) >= 11 is 0. The fourth-order valence-corrected chi connectivity index (χ4v) is 7.19. The smallest absolute Gasteiger partial charge is 0.306 e. The van der Waals surface area contributed by atoms with Crippen molar-refractivity contribution in [2.45, 2.75) is 271 Å². The number of hydrogen-bond donors (Lipinski definition) is 0. The van der Waals surface area contributed by atoms with Crippen LogP contribution in [0.4, 0.5) is 0 Å². The summed E-state index contributed by atoms with van der Waals surface area (Å²) in [5, 5.41) is 0. The molecule has 5 nitrogen and oxygen atoms in total. The van der Waals surface area contributed by atoms with E-state index in [4.69, 9.17) is 14.2 Å². The molecule has 0 aromatic heterocycles. The van der Waals surface area contributed by atoms with Crippen molar-refractivity contribution in [2.24, 2.45) is 0 Å². The standard InChI is InChI=1S/C51H96O5/c1-4-7-10-13-16-19-22-24-25-26-27-28-30-32-35-38-41-44-50(52)55-48-49(47-54-46-43-40-37-34-31-23-20-17-14-11-8-5-2)56-51(53)45-42-39-36-33-29-21-18-15-12-9-6-3/h14,17,24-25,49H,4-13,15-16,18-23,26-48H2,1-3H3/b17-14-,25-24-. The lowest BCUT2D eigenvalue weighted by Crippen LogP contribution is -2.30. The van der Waals surface area contributed by atoms with Crippen LogP contribution in [0.5, 0.6) is 0 Å². The molecule has 0 spiro atoms. The van der Waals surface area contributed by atoms with Gasteiger partial charge in [0.2, 0.25) is 0 Å². The first kappa shape index (κ1) is 54.4.